The summed E-state index contributed by atoms with van der Waals surface area (Å²) in [6.07, 6.45) is 49.9. The van der Waals surface area contributed by atoms with E-state index < -0.39 is 6.10 Å². The topological polar surface area (TPSA) is 78.9 Å². The lowest BCUT2D eigenvalue weighted by atomic mass is 9.99. The summed E-state index contributed by atoms with van der Waals surface area (Å²) in [6.45, 7) is 11.4. The molecule has 0 saturated heterocycles. The van der Waals surface area contributed by atoms with Crippen molar-refractivity contribution in [3.63, 3.8) is 0 Å². The summed E-state index contributed by atoms with van der Waals surface area (Å²) < 4.78 is 16.7. The Kier molecular flexibility index (Phi) is 46.6. The lowest BCUT2D eigenvalue weighted by Gasteiger charge is -2.18. The summed E-state index contributed by atoms with van der Waals surface area (Å²) in [5.74, 6) is 0.890. The smallest absolute Gasteiger partial charge is 0.306 e. The van der Waals surface area contributed by atoms with Crippen LogP contribution in [0.25, 0.3) is 0 Å². The van der Waals surface area contributed by atoms with E-state index >= 15 is 0 Å². The Bertz CT molecular complexity index is 933. The average Bonchev–Trinajstić information content (AvgIpc) is 3.24. The zero-order valence-electron chi connectivity index (χ0n) is 41.8. The molecule has 1 unspecified atom stereocenters. The first-order valence-electron chi connectivity index (χ1n) is 27.3. The highest BCUT2D eigenvalue weighted by Crippen LogP contribution is 2.18. The SMILES string of the molecule is CCCCCCCC(=O)O[C@@H](COC(=O)CCCCCCCCCCCCCCCCCCCCC(C)CC)COC(=O)CCCCCCCCCCCCCCCC(C)C. The molecule has 0 fully saturated rings. The van der Waals surface area contributed by atoms with Gasteiger partial charge in [0.05, 0.1) is 0 Å². The van der Waals surface area contributed by atoms with Gasteiger partial charge in [-0.1, -0.05) is 266 Å². The number of hydrogen-bond donors (Lipinski definition) is 0. The largest absolute Gasteiger partial charge is 0.462 e. The van der Waals surface area contributed by atoms with E-state index in [0.29, 0.717) is 19.3 Å². The maximum Gasteiger partial charge on any atom is 0.306 e. The molecule has 0 aromatic carbocycles. The lowest BCUT2D eigenvalue weighted by Crippen LogP contribution is -2.30. The molecule has 0 rings (SSSR count). The summed E-state index contributed by atoms with van der Waals surface area (Å²) in [5, 5.41) is 0. The number of carbonyl (C=O) groups excluding carboxylic acids is 3. The van der Waals surface area contributed by atoms with Gasteiger partial charge in [0.15, 0.2) is 6.10 Å². The van der Waals surface area contributed by atoms with Crippen LogP contribution < -0.4 is 0 Å². The third-order valence-electron chi connectivity index (χ3n) is 12.8. The summed E-state index contributed by atoms with van der Waals surface area (Å²) >= 11 is 0. The highest BCUT2D eigenvalue weighted by Gasteiger charge is 2.19. The normalized spacial score (nSPS) is 12.5. The average molecular weight is 863 g/mol. The van der Waals surface area contributed by atoms with Crippen LogP contribution in [0, 0.1) is 11.8 Å². The van der Waals surface area contributed by atoms with Crippen LogP contribution in [0.15, 0.2) is 0 Å². The Labute approximate surface area is 380 Å². The van der Waals surface area contributed by atoms with Crippen LogP contribution >= 0.6 is 0 Å². The third kappa shape index (κ3) is 47.7. The van der Waals surface area contributed by atoms with Crippen molar-refractivity contribution in [2.75, 3.05) is 13.2 Å². The maximum absolute atomic E-state index is 12.6. The predicted molar refractivity (Wildman–Crippen MR) is 261 cm³/mol. The number of carbonyl (C=O) groups is 3. The monoisotopic (exact) mass is 863 g/mol. The van der Waals surface area contributed by atoms with Crippen LogP contribution in [0.1, 0.15) is 304 Å². The van der Waals surface area contributed by atoms with Crippen LogP contribution in [-0.2, 0) is 28.6 Å². The zero-order chi connectivity index (χ0) is 44.7. The molecule has 0 aromatic heterocycles. The second-order valence-electron chi connectivity index (χ2n) is 19.6. The molecule has 0 N–H and O–H groups in total. The van der Waals surface area contributed by atoms with Crippen LogP contribution in [0.3, 0.4) is 0 Å². The van der Waals surface area contributed by atoms with Gasteiger partial charge in [-0.15, -0.1) is 0 Å². The molecule has 362 valence electrons. The highest BCUT2D eigenvalue weighted by atomic mass is 16.6. The minimum absolute atomic E-state index is 0.0648. The van der Waals surface area contributed by atoms with E-state index in [4.69, 9.17) is 14.2 Å². The molecule has 0 aliphatic heterocycles. The minimum Gasteiger partial charge on any atom is -0.462 e. The van der Waals surface area contributed by atoms with Gasteiger partial charge >= 0.3 is 17.9 Å². The van der Waals surface area contributed by atoms with Gasteiger partial charge < -0.3 is 14.2 Å². The van der Waals surface area contributed by atoms with Crippen molar-refractivity contribution in [2.45, 2.75) is 310 Å². The molecule has 0 radical (unpaired) electrons. The number of rotatable bonds is 49. The molecule has 6 heteroatoms. The molecule has 0 aliphatic carbocycles. The third-order valence-corrected chi connectivity index (χ3v) is 12.8. The summed E-state index contributed by atoms with van der Waals surface area (Å²) in [4.78, 5) is 37.7. The van der Waals surface area contributed by atoms with Crippen molar-refractivity contribution < 1.29 is 28.6 Å². The molecule has 0 saturated carbocycles. The Morgan fingerprint density at radius 1 is 0.344 bits per heavy atom. The highest BCUT2D eigenvalue weighted by molar-refractivity contribution is 5.71. The molecule has 2 atom stereocenters. The predicted octanol–water partition coefficient (Wildman–Crippen LogP) is 17.7. The van der Waals surface area contributed by atoms with E-state index in [1.807, 2.05) is 0 Å². The van der Waals surface area contributed by atoms with Gasteiger partial charge in [0.25, 0.3) is 0 Å². The van der Waals surface area contributed by atoms with Gasteiger partial charge in [0, 0.05) is 19.3 Å². The first-order chi connectivity index (χ1) is 29.8. The maximum atomic E-state index is 12.6. The van der Waals surface area contributed by atoms with Gasteiger partial charge in [-0.3, -0.25) is 14.4 Å². The van der Waals surface area contributed by atoms with E-state index in [1.165, 1.54) is 186 Å². The summed E-state index contributed by atoms with van der Waals surface area (Å²) in [6, 6.07) is 0. The van der Waals surface area contributed by atoms with Crippen LogP contribution in [0.2, 0.25) is 0 Å². The van der Waals surface area contributed by atoms with E-state index in [0.717, 1.165) is 76.0 Å². The van der Waals surface area contributed by atoms with E-state index in [1.54, 1.807) is 0 Å². The molecule has 6 nitrogen and oxygen atoms in total. The zero-order valence-corrected chi connectivity index (χ0v) is 41.8. The summed E-state index contributed by atoms with van der Waals surface area (Å²) in [7, 11) is 0. The fourth-order valence-electron chi connectivity index (χ4n) is 8.31. The Balaban J connectivity index is 4.00. The lowest BCUT2D eigenvalue weighted by molar-refractivity contribution is -0.167. The van der Waals surface area contributed by atoms with Crippen LogP contribution in [0.5, 0.6) is 0 Å². The van der Waals surface area contributed by atoms with Crippen molar-refractivity contribution in [2.24, 2.45) is 11.8 Å². The molecule has 0 bridgehead atoms. The van der Waals surface area contributed by atoms with Crippen molar-refractivity contribution in [1.29, 1.82) is 0 Å². The Hall–Kier alpha value is -1.59. The molecule has 61 heavy (non-hydrogen) atoms. The van der Waals surface area contributed by atoms with Gasteiger partial charge in [0.1, 0.15) is 13.2 Å². The van der Waals surface area contributed by atoms with Crippen molar-refractivity contribution in [3.8, 4) is 0 Å². The molecule has 0 amide bonds. The van der Waals surface area contributed by atoms with Gasteiger partial charge in [-0.05, 0) is 31.1 Å². The standard InChI is InChI=1S/C55H106O6/c1-6-8-9-33-42-47-55(58)61-52(49-60-54(57)46-41-37-32-28-24-20-16-17-21-25-29-34-38-43-50(3)4)48-59-53(56)45-40-36-31-27-23-19-15-13-11-10-12-14-18-22-26-30-35-39-44-51(5)7-2/h50-52H,6-49H2,1-5H3/t51?,52-/m0/s1. The molecule has 0 heterocycles. The number of ether oxygens (including phenoxy) is 3. The second-order valence-corrected chi connectivity index (χ2v) is 19.6. The van der Waals surface area contributed by atoms with Crippen molar-refractivity contribution in [1.82, 2.24) is 0 Å². The first kappa shape index (κ1) is 59.4. The van der Waals surface area contributed by atoms with E-state index in [9.17, 15) is 14.4 Å². The number of hydrogen-bond acceptors (Lipinski definition) is 6. The minimum atomic E-state index is -0.759. The van der Waals surface area contributed by atoms with Gasteiger partial charge in [-0.25, -0.2) is 0 Å². The van der Waals surface area contributed by atoms with E-state index in [-0.39, 0.29) is 31.1 Å². The number of esters is 3. The molecule has 0 aromatic rings. The molecule has 0 aliphatic rings. The Morgan fingerprint density at radius 3 is 0.934 bits per heavy atom. The van der Waals surface area contributed by atoms with Crippen molar-refractivity contribution in [3.05, 3.63) is 0 Å². The second kappa shape index (κ2) is 47.9. The fraction of sp³-hybridized carbons (Fsp3) is 0.945. The fourth-order valence-corrected chi connectivity index (χ4v) is 8.31. The van der Waals surface area contributed by atoms with E-state index in [2.05, 4.69) is 34.6 Å². The quantitative estimate of drug-likeness (QED) is 0.0344. The molecule has 0 spiro atoms. The van der Waals surface area contributed by atoms with Crippen LogP contribution in [-0.4, -0.2) is 37.2 Å². The first-order valence-corrected chi connectivity index (χ1v) is 27.3. The van der Waals surface area contributed by atoms with Crippen LogP contribution in [0.4, 0.5) is 0 Å². The summed E-state index contributed by atoms with van der Waals surface area (Å²) in [5.41, 5.74) is 0. The molecular formula is C55H106O6. The Morgan fingerprint density at radius 2 is 0.623 bits per heavy atom. The van der Waals surface area contributed by atoms with Gasteiger partial charge in [-0.2, -0.15) is 0 Å². The number of unbranched alkanes of at least 4 members (excludes halogenated alkanes) is 33. The van der Waals surface area contributed by atoms with Crippen molar-refractivity contribution >= 4 is 17.9 Å². The molecular weight excluding hydrogens is 757 g/mol. The van der Waals surface area contributed by atoms with Gasteiger partial charge in [0.2, 0.25) is 0 Å².